The van der Waals surface area contributed by atoms with Gasteiger partial charge in [-0.05, 0) is 36.5 Å². The van der Waals surface area contributed by atoms with Gasteiger partial charge in [0.25, 0.3) is 5.91 Å². The molecule has 9 heteroatoms. The maximum Gasteiger partial charge on any atom is 0.305 e. The van der Waals surface area contributed by atoms with Crippen molar-refractivity contribution in [3.63, 3.8) is 0 Å². The Morgan fingerprint density at radius 1 is 1.26 bits per heavy atom. The average molecular weight is 398 g/mol. The third kappa shape index (κ3) is 5.20. The molecule has 0 aliphatic carbocycles. The van der Waals surface area contributed by atoms with Crippen molar-refractivity contribution in [2.45, 2.75) is 31.6 Å². The average Bonchev–Trinajstić information content (AvgIpc) is 2.59. The first-order valence-corrected chi connectivity index (χ1v) is 10.3. The fourth-order valence-electron chi connectivity index (χ4n) is 3.35. The summed E-state index contributed by atoms with van der Waals surface area (Å²) in [5.74, 6) is -0.894. The molecule has 2 N–H and O–H groups in total. The number of sulfonamides is 1. The van der Waals surface area contributed by atoms with Crippen molar-refractivity contribution in [1.82, 2.24) is 9.62 Å². The second kappa shape index (κ2) is 8.71. The zero-order valence-corrected chi connectivity index (χ0v) is 16.6. The van der Waals surface area contributed by atoms with Gasteiger partial charge in [0.05, 0.1) is 13.5 Å². The number of carboxylic acid groups (broad SMARTS) is 1. The van der Waals surface area contributed by atoms with Crippen molar-refractivity contribution in [3.8, 4) is 5.75 Å². The Balaban J connectivity index is 2.31. The highest BCUT2D eigenvalue weighted by molar-refractivity contribution is 7.89. The number of ether oxygens (including phenoxy) is 1. The van der Waals surface area contributed by atoms with E-state index >= 15 is 0 Å². The van der Waals surface area contributed by atoms with Crippen molar-refractivity contribution < 1.29 is 27.9 Å². The molecule has 27 heavy (non-hydrogen) atoms. The van der Waals surface area contributed by atoms with Gasteiger partial charge in [-0.1, -0.05) is 13.8 Å². The van der Waals surface area contributed by atoms with Gasteiger partial charge in [-0.25, -0.2) is 8.42 Å². The van der Waals surface area contributed by atoms with E-state index in [-0.39, 0.29) is 41.0 Å². The minimum atomic E-state index is -3.83. The summed E-state index contributed by atoms with van der Waals surface area (Å²) in [5, 5.41) is 11.1. The van der Waals surface area contributed by atoms with E-state index < -0.39 is 21.9 Å². The lowest BCUT2D eigenvalue weighted by atomic mass is 9.94. The van der Waals surface area contributed by atoms with E-state index in [9.17, 15) is 18.0 Å². The summed E-state index contributed by atoms with van der Waals surface area (Å²) in [6.45, 7) is 4.84. The number of carbonyl (C=O) groups excluding carboxylic acids is 1. The standard InChI is InChI=1S/C18H26N2O6S/c1-12-8-13(2)11-20(10-12)27(24,25)16-9-14(4-5-15(16)26-3)18(23)19-7-6-17(21)22/h4-5,9,12-13H,6-8,10-11H2,1-3H3,(H,19,23)(H,21,22). The van der Waals surface area contributed by atoms with Crippen LogP contribution < -0.4 is 10.1 Å². The van der Waals surface area contributed by atoms with Gasteiger partial charge in [0, 0.05) is 25.2 Å². The van der Waals surface area contributed by atoms with Crippen LogP contribution in [0.1, 0.15) is 37.0 Å². The van der Waals surface area contributed by atoms with Crippen LogP contribution in [0, 0.1) is 11.8 Å². The first kappa shape index (κ1) is 21.2. The summed E-state index contributed by atoms with van der Waals surface area (Å²) in [4.78, 5) is 22.7. The van der Waals surface area contributed by atoms with Crippen LogP contribution in [0.3, 0.4) is 0 Å². The SMILES string of the molecule is COc1ccc(C(=O)NCCC(=O)O)cc1S(=O)(=O)N1CC(C)CC(C)C1. The third-order valence-electron chi connectivity index (χ3n) is 4.50. The highest BCUT2D eigenvalue weighted by Gasteiger charge is 2.34. The van der Waals surface area contributed by atoms with E-state index in [0.717, 1.165) is 6.42 Å². The number of benzene rings is 1. The van der Waals surface area contributed by atoms with Gasteiger partial charge < -0.3 is 15.2 Å². The summed E-state index contributed by atoms with van der Waals surface area (Å²) < 4.78 is 33.0. The number of amides is 1. The molecule has 1 saturated heterocycles. The number of aliphatic carboxylic acids is 1. The van der Waals surface area contributed by atoms with Crippen molar-refractivity contribution in [2.75, 3.05) is 26.7 Å². The van der Waals surface area contributed by atoms with Crippen LogP contribution in [0.25, 0.3) is 0 Å². The molecular formula is C18H26N2O6S. The number of rotatable bonds is 7. The Kier molecular flexibility index (Phi) is 6.83. The maximum atomic E-state index is 13.2. The minimum Gasteiger partial charge on any atom is -0.495 e. The molecule has 1 aliphatic heterocycles. The molecule has 0 radical (unpaired) electrons. The van der Waals surface area contributed by atoms with Crippen LogP contribution in [-0.4, -0.2) is 56.5 Å². The number of methoxy groups -OCH3 is 1. The van der Waals surface area contributed by atoms with Gasteiger partial charge in [0.15, 0.2) is 0 Å². The van der Waals surface area contributed by atoms with E-state index in [1.807, 2.05) is 13.8 Å². The summed E-state index contributed by atoms with van der Waals surface area (Å²) >= 11 is 0. The van der Waals surface area contributed by atoms with E-state index in [0.29, 0.717) is 13.1 Å². The van der Waals surface area contributed by atoms with E-state index in [4.69, 9.17) is 9.84 Å². The number of nitrogens with one attached hydrogen (secondary N) is 1. The van der Waals surface area contributed by atoms with E-state index in [2.05, 4.69) is 5.32 Å². The molecule has 150 valence electrons. The fourth-order valence-corrected chi connectivity index (χ4v) is 5.21. The molecule has 1 fully saturated rings. The van der Waals surface area contributed by atoms with Crippen LogP contribution in [0.4, 0.5) is 0 Å². The zero-order valence-electron chi connectivity index (χ0n) is 15.8. The molecule has 1 amide bonds. The van der Waals surface area contributed by atoms with Crippen LogP contribution in [0.2, 0.25) is 0 Å². The lowest BCUT2D eigenvalue weighted by molar-refractivity contribution is -0.136. The van der Waals surface area contributed by atoms with Crippen molar-refractivity contribution >= 4 is 21.9 Å². The summed E-state index contributed by atoms with van der Waals surface area (Å²) in [6, 6.07) is 4.18. The minimum absolute atomic E-state index is 0.0383. The number of carboxylic acids is 1. The van der Waals surface area contributed by atoms with Gasteiger partial charge in [0.1, 0.15) is 10.6 Å². The predicted molar refractivity (Wildman–Crippen MR) is 99.3 cm³/mol. The van der Waals surface area contributed by atoms with Crippen LogP contribution >= 0.6 is 0 Å². The molecule has 1 aliphatic rings. The molecule has 2 atom stereocenters. The Bertz CT molecular complexity index is 798. The Morgan fingerprint density at radius 2 is 1.89 bits per heavy atom. The highest BCUT2D eigenvalue weighted by Crippen LogP contribution is 2.32. The topological polar surface area (TPSA) is 113 Å². The number of hydrogen-bond acceptors (Lipinski definition) is 5. The number of nitrogens with zero attached hydrogens (tertiary/aromatic N) is 1. The lowest BCUT2D eigenvalue weighted by Gasteiger charge is -2.34. The van der Waals surface area contributed by atoms with Crippen molar-refractivity contribution in [2.24, 2.45) is 11.8 Å². The molecule has 0 saturated carbocycles. The lowest BCUT2D eigenvalue weighted by Crippen LogP contribution is -2.42. The van der Waals surface area contributed by atoms with Gasteiger partial charge in [-0.2, -0.15) is 4.31 Å². The summed E-state index contributed by atoms with van der Waals surface area (Å²) in [6.07, 6.45) is 0.756. The largest absolute Gasteiger partial charge is 0.495 e. The molecule has 1 aromatic rings. The second-order valence-corrected chi connectivity index (χ2v) is 8.94. The van der Waals surface area contributed by atoms with Gasteiger partial charge in [-0.3, -0.25) is 9.59 Å². The molecule has 8 nitrogen and oxygen atoms in total. The van der Waals surface area contributed by atoms with Crippen molar-refractivity contribution in [3.05, 3.63) is 23.8 Å². The summed E-state index contributed by atoms with van der Waals surface area (Å²) in [7, 11) is -2.45. The van der Waals surface area contributed by atoms with Crippen molar-refractivity contribution in [1.29, 1.82) is 0 Å². The summed E-state index contributed by atoms with van der Waals surface area (Å²) in [5.41, 5.74) is 0.137. The molecule has 1 heterocycles. The Labute approximate surface area is 159 Å². The third-order valence-corrected chi connectivity index (χ3v) is 6.36. The zero-order chi connectivity index (χ0) is 20.2. The number of hydrogen-bond donors (Lipinski definition) is 2. The predicted octanol–water partition coefficient (Wildman–Crippen LogP) is 1.57. The molecule has 0 aromatic heterocycles. The molecular weight excluding hydrogens is 372 g/mol. The second-order valence-electron chi connectivity index (χ2n) is 7.03. The molecule has 0 bridgehead atoms. The monoisotopic (exact) mass is 398 g/mol. The smallest absolute Gasteiger partial charge is 0.305 e. The van der Waals surface area contributed by atoms with Crippen LogP contribution in [0.15, 0.2) is 23.1 Å². The Hall–Kier alpha value is -2.13. The normalized spacial score (nSPS) is 20.9. The highest BCUT2D eigenvalue weighted by atomic mass is 32.2. The van der Waals surface area contributed by atoms with Gasteiger partial charge in [-0.15, -0.1) is 0 Å². The first-order valence-electron chi connectivity index (χ1n) is 8.83. The Morgan fingerprint density at radius 3 is 2.44 bits per heavy atom. The fraction of sp³-hybridized carbons (Fsp3) is 0.556. The number of piperidine rings is 1. The van der Waals surface area contributed by atoms with Gasteiger partial charge in [0.2, 0.25) is 10.0 Å². The van der Waals surface area contributed by atoms with E-state index in [1.54, 1.807) is 0 Å². The molecule has 2 unspecified atom stereocenters. The molecule has 1 aromatic carbocycles. The van der Waals surface area contributed by atoms with Gasteiger partial charge >= 0.3 is 5.97 Å². The molecule has 0 spiro atoms. The number of carbonyl (C=O) groups is 2. The molecule has 2 rings (SSSR count). The van der Waals surface area contributed by atoms with Crippen LogP contribution in [-0.2, 0) is 14.8 Å². The van der Waals surface area contributed by atoms with Crippen LogP contribution in [0.5, 0.6) is 5.75 Å². The maximum absolute atomic E-state index is 13.2. The first-order chi connectivity index (χ1) is 12.6. The van der Waals surface area contributed by atoms with E-state index in [1.165, 1.54) is 29.6 Å². The quantitative estimate of drug-likeness (QED) is 0.721.